The van der Waals surface area contributed by atoms with Gasteiger partial charge in [0.05, 0.1) is 6.61 Å². The maximum Gasteiger partial charge on any atom is 0.0505 e. The van der Waals surface area contributed by atoms with Crippen LogP contribution in [0.5, 0.6) is 0 Å². The topological polar surface area (TPSA) is 32.3 Å². The van der Waals surface area contributed by atoms with E-state index in [0.717, 1.165) is 31.0 Å². The maximum absolute atomic E-state index is 9.77. The first kappa shape index (κ1) is 12.9. The summed E-state index contributed by atoms with van der Waals surface area (Å²) >= 11 is 5.89. The zero-order valence-corrected chi connectivity index (χ0v) is 11.0. The van der Waals surface area contributed by atoms with Gasteiger partial charge in [-0.25, -0.2) is 0 Å². The minimum atomic E-state index is 0.00256. The fourth-order valence-electron chi connectivity index (χ4n) is 2.89. The number of aliphatic hydroxyl groups is 1. The molecule has 2 N–H and O–H groups in total. The number of nitrogens with one attached hydrogen (secondary N) is 1. The Hall–Kier alpha value is -0.570. The Kier molecular flexibility index (Phi) is 4.08. The molecule has 2 unspecified atom stereocenters. The smallest absolute Gasteiger partial charge is 0.0505 e. The Bertz CT molecular complexity index is 365. The van der Waals surface area contributed by atoms with Gasteiger partial charge in [-0.3, -0.25) is 0 Å². The molecule has 2 nitrogen and oxygen atoms in total. The lowest BCUT2D eigenvalue weighted by Crippen LogP contribution is -2.36. The average molecular weight is 254 g/mol. The monoisotopic (exact) mass is 253 g/mol. The third kappa shape index (κ3) is 2.65. The standard InChI is InChI=1S/C14H20ClNO/c1-2-12-8-16-9-14(12,10-17)7-11-3-5-13(15)6-4-11/h3-6,12,16-17H,2,7-10H2,1H3. The lowest BCUT2D eigenvalue weighted by molar-refractivity contribution is 0.0964. The number of hydrogen-bond acceptors (Lipinski definition) is 2. The molecule has 2 rings (SSSR count). The number of hydrogen-bond donors (Lipinski definition) is 2. The highest BCUT2D eigenvalue weighted by Crippen LogP contribution is 2.36. The van der Waals surface area contributed by atoms with Gasteiger partial charge in [-0.05, 0) is 36.6 Å². The molecule has 2 atom stereocenters. The van der Waals surface area contributed by atoms with Gasteiger partial charge < -0.3 is 10.4 Å². The van der Waals surface area contributed by atoms with Crippen molar-refractivity contribution >= 4 is 11.6 Å². The van der Waals surface area contributed by atoms with E-state index < -0.39 is 0 Å². The summed E-state index contributed by atoms with van der Waals surface area (Å²) in [6.45, 7) is 4.38. The molecule has 1 saturated heterocycles. The summed E-state index contributed by atoms with van der Waals surface area (Å²) in [6, 6.07) is 7.96. The van der Waals surface area contributed by atoms with E-state index in [1.807, 2.05) is 12.1 Å². The Morgan fingerprint density at radius 3 is 2.71 bits per heavy atom. The molecule has 1 aliphatic heterocycles. The van der Waals surface area contributed by atoms with Crippen molar-refractivity contribution in [2.45, 2.75) is 19.8 Å². The van der Waals surface area contributed by atoms with Crippen molar-refractivity contribution in [3.05, 3.63) is 34.9 Å². The summed E-state index contributed by atoms with van der Waals surface area (Å²) in [5.74, 6) is 0.558. The largest absolute Gasteiger partial charge is 0.396 e. The molecule has 1 fully saturated rings. The maximum atomic E-state index is 9.77. The number of aliphatic hydroxyl groups excluding tert-OH is 1. The van der Waals surface area contributed by atoms with Crippen LogP contribution in [0.4, 0.5) is 0 Å². The Morgan fingerprint density at radius 2 is 2.12 bits per heavy atom. The van der Waals surface area contributed by atoms with Crippen LogP contribution in [-0.2, 0) is 6.42 Å². The summed E-state index contributed by atoms with van der Waals surface area (Å²) < 4.78 is 0. The SMILES string of the molecule is CCC1CNCC1(CO)Cc1ccc(Cl)cc1. The van der Waals surface area contributed by atoms with Crippen molar-refractivity contribution in [1.82, 2.24) is 5.32 Å². The molecule has 1 aromatic carbocycles. The van der Waals surface area contributed by atoms with Gasteiger partial charge in [0.2, 0.25) is 0 Å². The molecule has 0 saturated carbocycles. The quantitative estimate of drug-likeness (QED) is 0.864. The average Bonchev–Trinajstić information content (AvgIpc) is 2.75. The van der Waals surface area contributed by atoms with Gasteiger partial charge in [0.15, 0.2) is 0 Å². The third-order valence-electron chi connectivity index (χ3n) is 4.01. The second kappa shape index (κ2) is 5.38. The van der Waals surface area contributed by atoms with Crippen LogP contribution >= 0.6 is 11.6 Å². The molecule has 1 aliphatic rings. The fourth-order valence-corrected chi connectivity index (χ4v) is 3.02. The highest BCUT2D eigenvalue weighted by atomic mass is 35.5. The Morgan fingerprint density at radius 1 is 1.41 bits per heavy atom. The number of halogens is 1. The molecule has 1 aromatic rings. The van der Waals surface area contributed by atoms with Crippen LogP contribution in [0.1, 0.15) is 18.9 Å². The van der Waals surface area contributed by atoms with Gasteiger partial charge in [0.25, 0.3) is 0 Å². The summed E-state index contributed by atoms with van der Waals surface area (Å²) in [6.07, 6.45) is 2.04. The Labute approximate surface area is 108 Å². The highest BCUT2D eigenvalue weighted by Gasteiger charge is 2.41. The van der Waals surface area contributed by atoms with Crippen molar-refractivity contribution in [3.8, 4) is 0 Å². The molecule has 3 heteroatoms. The molecule has 0 radical (unpaired) electrons. The van der Waals surface area contributed by atoms with Crippen LogP contribution in [0, 0.1) is 11.3 Å². The first-order valence-electron chi connectivity index (χ1n) is 6.26. The molecule has 1 heterocycles. The van der Waals surface area contributed by atoms with E-state index in [0.29, 0.717) is 5.92 Å². The number of rotatable bonds is 4. The lowest BCUT2D eigenvalue weighted by atomic mass is 9.73. The second-order valence-corrected chi connectivity index (χ2v) is 5.50. The van der Waals surface area contributed by atoms with E-state index in [1.54, 1.807) is 0 Å². The van der Waals surface area contributed by atoms with Crippen molar-refractivity contribution in [1.29, 1.82) is 0 Å². The van der Waals surface area contributed by atoms with Crippen molar-refractivity contribution in [2.75, 3.05) is 19.7 Å². The first-order valence-corrected chi connectivity index (χ1v) is 6.64. The number of benzene rings is 1. The molecule has 0 spiro atoms. The minimum absolute atomic E-state index is 0.00256. The Balaban J connectivity index is 2.16. The van der Waals surface area contributed by atoms with E-state index in [4.69, 9.17) is 11.6 Å². The van der Waals surface area contributed by atoms with Crippen LogP contribution < -0.4 is 5.32 Å². The highest BCUT2D eigenvalue weighted by molar-refractivity contribution is 6.30. The normalized spacial score (nSPS) is 28.5. The summed E-state index contributed by atoms with van der Waals surface area (Å²) in [5.41, 5.74) is 1.26. The summed E-state index contributed by atoms with van der Waals surface area (Å²) in [5, 5.41) is 13.9. The second-order valence-electron chi connectivity index (χ2n) is 5.06. The molecule has 0 aromatic heterocycles. The van der Waals surface area contributed by atoms with Crippen molar-refractivity contribution in [2.24, 2.45) is 11.3 Å². The van der Waals surface area contributed by atoms with Crippen LogP contribution in [0.15, 0.2) is 24.3 Å². The van der Waals surface area contributed by atoms with E-state index in [1.165, 1.54) is 5.56 Å². The van der Waals surface area contributed by atoms with Crippen LogP contribution in [-0.4, -0.2) is 24.8 Å². The van der Waals surface area contributed by atoms with Crippen LogP contribution in [0.3, 0.4) is 0 Å². The summed E-state index contributed by atoms with van der Waals surface area (Å²) in [4.78, 5) is 0. The van der Waals surface area contributed by atoms with Crippen molar-refractivity contribution < 1.29 is 5.11 Å². The van der Waals surface area contributed by atoms with Gasteiger partial charge in [-0.1, -0.05) is 37.1 Å². The molecular weight excluding hydrogens is 234 g/mol. The third-order valence-corrected chi connectivity index (χ3v) is 4.26. The molecule has 17 heavy (non-hydrogen) atoms. The van der Waals surface area contributed by atoms with Gasteiger partial charge in [0, 0.05) is 17.0 Å². The molecule has 94 valence electrons. The first-order chi connectivity index (χ1) is 8.20. The molecular formula is C14H20ClNO. The van der Waals surface area contributed by atoms with Gasteiger partial charge in [-0.15, -0.1) is 0 Å². The predicted octanol–water partition coefficient (Wildman–Crippen LogP) is 2.49. The van der Waals surface area contributed by atoms with E-state index in [9.17, 15) is 5.11 Å². The van der Waals surface area contributed by atoms with E-state index >= 15 is 0 Å². The van der Waals surface area contributed by atoms with E-state index in [-0.39, 0.29) is 12.0 Å². The van der Waals surface area contributed by atoms with Gasteiger partial charge in [-0.2, -0.15) is 0 Å². The lowest BCUT2D eigenvalue weighted by Gasteiger charge is -2.32. The molecule has 0 aliphatic carbocycles. The van der Waals surface area contributed by atoms with Crippen LogP contribution in [0.2, 0.25) is 5.02 Å². The minimum Gasteiger partial charge on any atom is -0.396 e. The van der Waals surface area contributed by atoms with Gasteiger partial charge >= 0.3 is 0 Å². The van der Waals surface area contributed by atoms with Gasteiger partial charge in [0.1, 0.15) is 0 Å². The molecule has 0 amide bonds. The summed E-state index contributed by atoms with van der Waals surface area (Å²) in [7, 11) is 0. The zero-order chi connectivity index (χ0) is 12.3. The zero-order valence-electron chi connectivity index (χ0n) is 10.2. The fraction of sp³-hybridized carbons (Fsp3) is 0.571. The van der Waals surface area contributed by atoms with E-state index in [2.05, 4.69) is 24.4 Å². The predicted molar refractivity (Wildman–Crippen MR) is 71.3 cm³/mol. The van der Waals surface area contributed by atoms with Crippen LogP contribution in [0.25, 0.3) is 0 Å². The van der Waals surface area contributed by atoms with Crippen molar-refractivity contribution in [3.63, 3.8) is 0 Å². The molecule has 0 bridgehead atoms.